The van der Waals surface area contributed by atoms with E-state index in [4.69, 9.17) is 15.0 Å². The molecule has 0 aromatic carbocycles. The second-order valence-corrected chi connectivity index (χ2v) is 5.13. The lowest BCUT2D eigenvalue weighted by molar-refractivity contribution is -0.0403. The Balaban J connectivity index is 3.11. The van der Waals surface area contributed by atoms with Gasteiger partial charge in [-0.1, -0.05) is 25.9 Å². The number of aromatic nitrogens is 2. The first-order valence-electron chi connectivity index (χ1n) is 7.20. The van der Waals surface area contributed by atoms with Crippen LogP contribution in [0.15, 0.2) is 4.52 Å². The summed E-state index contributed by atoms with van der Waals surface area (Å²) in [5.41, 5.74) is 5.21. The van der Waals surface area contributed by atoms with E-state index in [0.717, 1.165) is 19.3 Å². The van der Waals surface area contributed by atoms with E-state index >= 15 is 0 Å². The molecule has 2 N–H and O–H groups in total. The molecule has 0 aliphatic rings. The van der Waals surface area contributed by atoms with Crippen molar-refractivity contribution >= 4 is 0 Å². The van der Waals surface area contributed by atoms with Gasteiger partial charge in [0.1, 0.15) is 5.60 Å². The predicted octanol–water partition coefficient (Wildman–Crippen LogP) is 2.75. The van der Waals surface area contributed by atoms with E-state index in [9.17, 15) is 0 Å². The standard InChI is InChI=1S/C14H27N3O2/c1-6-13(5,18-9-4)11-16-12(19-17-11)14(7-2,8-3)10-15/h6-10,15H2,1-5H3. The van der Waals surface area contributed by atoms with Crippen molar-refractivity contribution in [2.24, 2.45) is 5.73 Å². The summed E-state index contributed by atoms with van der Waals surface area (Å²) >= 11 is 0. The van der Waals surface area contributed by atoms with Crippen molar-refractivity contribution in [2.45, 2.75) is 64.9 Å². The van der Waals surface area contributed by atoms with Gasteiger partial charge in [-0.25, -0.2) is 0 Å². The van der Waals surface area contributed by atoms with Crippen LogP contribution in [0.3, 0.4) is 0 Å². The molecule has 19 heavy (non-hydrogen) atoms. The largest absolute Gasteiger partial charge is 0.367 e. The number of nitrogens with zero attached hydrogens (tertiary/aromatic N) is 2. The van der Waals surface area contributed by atoms with Crippen molar-refractivity contribution in [3.8, 4) is 0 Å². The molecular weight excluding hydrogens is 242 g/mol. The van der Waals surface area contributed by atoms with E-state index in [1.165, 1.54) is 0 Å². The fourth-order valence-corrected chi connectivity index (χ4v) is 2.23. The topological polar surface area (TPSA) is 74.2 Å². The van der Waals surface area contributed by atoms with Crippen molar-refractivity contribution < 1.29 is 9.26 Å². The van der Waals surface area contributed by atoms with Crippen molar-refractivity contribution in [1.29, 1.82) is 0 Å². The highest BCUT2D eigenvalue weighted by atomic mass is 16.5. The van der Waals surface area contributed by atoms with Crippen LogP contribution in [0.1, 0.15) is 65.6 Å². The van der Waals surface area contributed by atoms with E-state index in [-0.39, 0.29) is 5.41 Å². The van der Waals surface area contributed by atoms with Crippen LogP contribution in [-0.2, 0) is 15.8 Å². The summed E-state index contributed by atoms with van der Waals surface area (Å²) in [5, 5.41) is 4.12. The highest BCUT2D eigenvalue weighted by Crippen LogP contribution is 2.32. The van der Waals surface area contributed by atoms with Gasteiger partial charge in [-0.05, 0) is 33.1 Å². The summed E-state index contributed by atoms with van der Waals surface area (Å²) in [6.07, 6.45) is 2.58. The summed E-state index contributed by atoms with van der Waals surface area (Å²) in [4.78, 5) is 4.57. The first-order valence-corrected chi connectivity index (χ1v) is 7.20. The van der Waals surface area contributed by atoms with E-state index in [1.807, 2.05) is 13.8 Å². The van der Waals surface area contributed by atoms with Crippen LogP contribution in [0, 0.1) is 0 Å². The van der Waals surface area contributed by atoms with Crippen LogP contribution in [-0.4, -0.2) is 23.3 Å². The van der Waals surface area contributed by atoms with Crippen molar-refractivity contribution in [1.82, 2.24) is 10.1 Å². The minimum absolute atomic E-state index is 0.216. The van der Waals surface area contributed by atoms with Gasteiger partial charge in [0.2, 0.25) is 11.7 Å². The number of ether oxygens (including phenoxy) is 1. The van der Waals surface area contributed by atoms with Crippen LogP contribution >= 0.6 is 0 Å². The third-order valence-electron chi connectivity index (χ3n) is 4.23. The Labute approximate surface area is 115 Å². The van der Waals surface area contributed by atoms with Crippen LogP contribution < -0.4 is 5.73 Å². The van der Waals surface area contributed by atoms with Crippen LogP contribution in [0.25, 0.3) is 0 Å². The molecule has 0 aliphatic heterocycles. The molecule has 1 rings (SSSR count). The molecule has 0 bridgehead atoms. The molecule has 0 saturated carbocycles. The molecule has 5 nitrogen and oxygen atoms in total. The summed E-state index contributed by atoms with van der Waals surface area (Å²) in [6.45, 7) is 11.4. The average molecular weight is 269 g/mol. The SMILES string of the molecule is CCOC(C)(CC)c1noc(C(CC)(CC)CN)n1. The zero-order chi connectivity index (χ0) is 14.5. The molecule has 0 fully saturated rings. The van der Waals surface area contributed by atoms with Gasteiger partial charge in [0.05, 0.1) is 5.41 Å². The summed E-state index contributed by atoms with van der Waals surface area (Å²) in [6, 6.07) is 0. The van der Waals surface area contributed by atoms with Gasteiger partial charge in [0.15, 0.2) is 0 Å². The van der Waals surface area contributed by atoms with E-state index < -0.39 is 5.60 Å². The smallest absolute Gasteiger partial charge is 0.234 e. The number of hydrogen-bond donors (Lipinski definition) is 1. The third-order valence-corrected chi connectivity index (χ3v) is 4.23. The Hall–Kier alpha value is -0.940. The second-order valence-electron chi connectivity index (χ2n) is 5.13. The second kappa shape index (κ2) is 6.48. The zero-order valence-electron chi connectivity index (χ0n) is 12.8. The zero-order valence-corrected chi connectivity index (χ0v) is 12.8. The van der Waals surface area contributed by atoms with Gasteiger partial charge < -0.3 is 15.0 Å². The molecular formula is C14H27N3O2. The predicted molar refractivity (Wildman–Crippen MR) is 74.9 cm³/mol. The number of rotatable bonds is 8. The molecule has 1 unspecified atom stereocenters. The maximum Gasteiger partial charge on any atom is 0.234 e. The van der Waals surface area contributed by atoms with Gasteiger partial charge in [-0.3, -0.25) is 0 Å². The van der Waals surface area contributed by atoms with Gasteiger partial charge >= 0.3 is 0 Å². The maximum absolute atomic E-state index is 5.91. The Morgan fingerprint density at radius 1 is 1.16 bits per heavy atom. The molecule has 1 heterocycles. The number of nitrogens with two attached hydrogens (primary N) is 1. The van der Waals surface area contributed by atoms with E-state index in [2.05, 4.69) is 30.9 Å². The molecule has 0 aliphatic carbocycles. The first-order chi connectivity index (χ1) is 9.01. The Kier molecular flexibility index (Phi) is 5.50. The summed E-state index contributed by atoms with van der Waals surface area (Å²) in [7, 11) is 0. The minimum Gasteiger partial charge on any atom is -0.367 e. The van der Waals surface area contributed by atoms with Crippen molar-refractivity contribution in [3.63, 3.8) is 0 Å². The van der Waals surface area contributed by atoms with Crippen molar-refractivity contribution in [3.05, 3.63) is 11.7 Å². The highest BCUT2D eigenvalue weighted by molar-refractivity contribution is 5.08. The fraction of sp³-hybridized carbons (Fsp3) is 0.857. The Morgan fingerprint density at radius 2 is 1.79 bits per heavy atom. The molecule has 0 radical (unpaired) electrons. The van der Waals surface area contributed by atoms with E-state index in [0.29, 0.717) is 24.9 Å². The molecule has 0 amide bonds. The summed E-state index contributed by atoms with van der Waals surface area (Å²) < 4.78 is 11.3. The molecule has 1 atom stereocenters. The highest BCUT2D eigenvalue weighted by Gasteiger charge is 2.37. The lowest BCUT2D eigenvalue weighted by atomic mass is 9.82. The Morgan fingerprint density at radius 3 is 2.21 bits per heavy atom. The van der Waals surface area contributed by atoms with E-state index in [1.54, 1.807) is 0 Å². The molecule has 110 valence electrons. The van der Waals surface area contributed by atoms with Gasteiger partial charge in [-0.15, -0.1) is 0 Å². The number of hydrogen-bond acceptors (Lipinski definition) is 5. The van der Waals surface area contributed by atoms with Gasteiger partial charge in [0.25, 0.3) is 0 Å². The minimum atomic E-state index is -0.488. The van der Waals surface area contributed by atoms with Crippen LogP contribution in [0.5, 0.6) is 0 Å². The Bertz CT molecular complexity index is 380. The lowest BCUT2D eigenvalue weighted by Gasteiger charge is -2.26. The molecule has 0 spiro atoms. The van der Waals surface area contributed by atoms with Crippen LogP contribution in [0.2, 0.25) is 0 Å². The monoisotopic (exact) mass is 269 g/mol. The molecule has 0 saturated heterocycles. The first kappa shape index (κ1) is 16.1. The average Bonchev–Trinajstić information content (AvgIpc) is 2.92. The quantitative estimate of drug-likeness (QED) is 0.785. The third kappa shape index (κ3) is 2.98. The van der Waals surface area contributed by atoms with Crippen LogP contribution in [0.4, 0.5) is 0 Å². The van der Waals surface area contributed by atoms with Crippen molar-refractivity contribution in [2.75, 3.05) is 13.2 Å². The van der Waals surface area contributed by atoms with Gasteiger partial charge in [0, 0.05) is 13.2 Å². The summed E-state index contributed by atoms with van der Waals surface area (Å²) in [5.74, 6) is 1.25. The normalized spacial score (nSPS) is 15.5. The van der Waals surface area contributed by atoms with Gasteiger partial charge in [-0.2, -0.15) is 4.98 Å². The lowest BCUT2D eigenvalue weighted by Crippen LogP contribution is -2.34. The molecule has 1 aromatic rings. The molecule has 1 aromatic heterocycles. The molecule has 5 heteroatoms. The fourth-order valence-electron chi connectivity index (χ4n) is 2.23. The maximum atomic E-state index is 5.91.